The largest absolute Gasteiger partial charge is 0.467 e. The Morgan fingerprint density at radius 1 is 1.33 bits per heavy atom. The Morgan fingerprint density at radius 3 is 2.75 bits per heavy atom. The molecular formula is C17H15ClFN3O2. The first-order chi connectivity index (χ1) is 11.5. The zero-order chi connectivity index (χ0) is 17.1. The van der Waals surface area contributed by atoms with Gasteiger partial charge in [-0.2, -0.15) is 5.10 Å². The number of rotatable bonds is 5. The number of aryl methyl sites for hydroxylation is 1. The fourth-order valence-electron chi connectivity index (χ4n) is 2.35. The van der Waals surface area contributed by atoms with Crippen LogP contribution < -0.4 is 5.32 Å². The molecule has 1 amide bonds. The van der Waals surface area contributed by atoms with Crippen molar-refractivity contribution in [3.05, 3.63) is 76.2 Å². The second-order valence-electron chi connectivity index (χ2n) is 5.30. The van der Waals surface area contributed by atoms with E-state index in [0.29, 0.717) is 23.6 Å². The zero-order valence-corrected chi connectivity index (χ0v) is 13.7. The number of amides is 1. The molecule has 24 heavy (non-hydrogen) atoms. The molecule has 0 bridgehead atoms. The SMILES string of the molecule is Cc1nn(Cc2ccc(F)cc2)c(Cl)c1C(=O)NCc1ccco1. The summed E-state index contributed by atoms with van der Waals surface area (Å²) in [5.74, 6) is 0.0228. The second kappa shape index (κ2) is 6.88. The molecule has 0 radical (unpaired) electrons. The third-order valence-electron chi connectivity index (χ3n) is 3.54. The molecule has 124 valence electrons. The maximum atomic E-state index is 13.0. The molecule has 1 aromatic carbocycles. The summed E-state index contributed by atoms with van der Waals surface area (Å²) in [4.78, 5) is 12.4. The van der Waals surface area contributed by atoms with Crippen LogP contribution in [0.1, 0.15) is 27.4 Å². The van der Waals surface area contributed by atoms with Crippen LogP contribution in [0.2, 0.25) is 5.15 Å². The number of carbonyl (C=O) groups excluding carboxylic acids is 1. The van der Waals surface area contributed by atoms with Crippen LogP contribution in [-0.4, -0.2) is 15.7 Å². The number of nitrogens with zero attached hydrogens (tertiary/aromatic N) is 2. The highest BCUT2D eigenvalue weighted by molar-refractivity contribution is 6.33. The van der Waals surface area contributed by atoms with Crippen LogP contribution in [0.4, 0.5) is 4.39 Å². The summed E-state index contributed by atoms with van der Waals surface area (Å²) >= 11 is 6.31. The number of nitrogens with one attached hydrogen (secondary N) is 1. The number of carbonyl (C=O) groups is 1. The van der Waals surface area contributed by atoms with Crippen molar-refractivity contribution in [2.24, 2.45) is 0 Å². The first-order valence-electron chi connectivity index (χ1n) is 7.32. The lowest BCUT2D eigenvalue weighted by molar-refractivity contribution is 0.0947. The highest BCUT2D eigenvalue weighted by atomic mass is 35.5. The van der Waals surface area contributed by atoms with E-state index in [2.05, 4.69) is 10.4 Å². The fourth-order valence-corrected chi connectivity index (χ4v) is 2.67. The molecule has 0 saturated heterocycles. The zero-order valence-electron chi connectivity index (χ0n) is 12.9. The van der Waals surface area contributed by atoms with E-state index in [9.17, 15) is 9.18 Å². The average molecular weight is 348 g/mol. The van der Waals surface area contributed by atoms with E-state index in [-0.39, 0.29) is 23.4 Å². The Bertz CT molecular complexity index is 842. The van der Waals surface area contributed by atoms with Crippen molar-refractivity contribution in [2.75, 3.05) is 0 Å². The molecule has 0 aliphatic heterocycles. The first kappa shape index (κ1) is 16.3. The van der Waals surface area contributed by atoms with Crippen molar-refractivity contribution in [1.29, 1.82) is 0 Å². The average Bonchev–Trinajstić information content (AvgIpc) is 3.16. The highest BCUT2D eigenvalue weighted by Gasteiger charge is 2.20. The van der Waals surface area contributed by atoms with Crippen LogP contribution >= 0.6 is 11.6 Å². The minimum atomic E-state index is -0.320. The van der Waals surface area contributed by atoms with Gasteiger partial charge < -0.3 is 9.73 Å². The van der Waals surface area contributed by atoms with Gasteiger partial charge in [-0.25, -0.2) is 9.07 Å². The van der Waals surface area contributed by atoms with Crippen molar-refractivity contribution in [3.8, 4) is 0 Å². The molecule has 5 nitrogen and oxygen atoms in total. The first-order valence-corrected chi connectivity index (χ1v) is 7.70. The van der Waals surface area contributed by atoms with Crippen molar-refractivity contribution in [3.63, 3.8) is 0 Å². The van der Waals surface area contributed by atoms with Crippen molar-refractivity contribution < 1.29 is 13.6 Å². The van der Waals surface area contributed by atoms with Gasteiger partial charge in [0, 0.05) is 0 Å². The number of furan rings is 1. The van der Waals surface area contributed by atoms with Crippen LogP contribution in [0, 0.1) is 12.7 Å². The standard InChI is InChI=1S/C17H15ClFN3O2/c1-11-15(17(23)20-9-14-3-2-8-24-14)16(18)22(21-11)10-12-4-6-13(19)7-5-12/h2-8H,9-10H2,1H3,(H,20,23). The summed E-state index contributed by atoms with van der Waals surface area (Å²) in [6.45, 7) is 2.34. The van der Waals surface area contributed by atoms with Crippen LogP contribution in [0.5, 0.6) is 0 Å². The Kier molecular flexibility index (Phi) is 4.66. The Hall–Kier alpha value is -2.60. The summed E-state index contributed by atoms with van der Waals surface area (Å²) in [6, 6.07) is 9.57. The fraction of sp³-hybridized carbons (Fsp3) is 0.176. The molecule has 7 heteroatoms. The smallest absolute Gasteiger partial charge is 0.256 e. The van der Waals surface area contributed by atoms with E-state index < -0.39 is 0 Å². The lowest BCUT2D eigenvalue weighted by atomic mass is 10.2. The van der Waals surface area contributed by atoms with Crippen molar-refractivity contribution in [2.45, 2.75) is 20.0 Å². The van der Waals surface area contributed by atoms with Gasteiger partial charge >= 0.3 is 0 Å². The van der Waals surface area contributed by atoms with E-state index in [4.69, 9.17) is 16.0 Å². The van der Waals surface area contributed by atoms with Crippen molar-refractivity contribution in [1.82, 2.24) is 15.1 Å². The molecule has 0 unspecified atom stereocenters. The summed E-state index contributed by atoms with van der Waals surface area (Å²) in [5.41, 5.74) is 1.69. The molecule has 0 aliphatic rings. The van der Waals surface area contributed by atoms with Crippen LogP contribution in [0.25, 0.3) is 0 Å². The predicted octanol–water partition coefficient (Wildman–Crippen LogP) is 3.56. The molecule has 0 aliphatic carbocycles. The Morgan fingerprint density at radius 2 is 2.08 bits per heavy atom. The molecule has 0 fully saturated rings. The monoisotopic (exact) mass is 347 g/mol. The molecule has 0 saturated carbocycles. The van der Waals surface area contributed by atoms with Gasteiger partial charge in [0.25, 0.3) is 5.91 Å². The predicted molar refractivity (Wildman–Crippen MR) is 87.4 cm³/mol. The summed E-state index contributed by atoms with van der Waals surface area (Å²) < 4.78 is 19.7. The van der Waals surface area contributed by atoms with E-state index in [1.807, 2.05) is 0 Å². The maximum Gasteiger partial charge on any atom is 0.256 e. The van der Waals surface area contributed by atoms with E-state index >= 15 is 0 Å². The molecule has 1 N–H and O–H groups in total. The van der Waals surface area contributed by atoms with E-state index in [1.165, 1.54) is 16.8 Å². The summed E-state index contributed by atoms with van der Waals surface area (Å²) in [6.07, 6.45) is 1.54. The molecular weight excluding hydrogens is 333 g/mol. The van der Waals surface area contributed by atoms with Gasteiger partial charge in [-0.1, -0.05) is 23.7 Å². The van der Waals surface area contributed by atoms with E-state index in [0.717, 1.165) is 5.56 Å². The van der Waals surface area contributed by atoms with Gasteiger partial charge in [-0.3, -0.25) is 4.79 Å². The topological polar surface area (TPSA) is 60.1 Å². The van der Waals surface area contributed by atoms with Crippen LogP contribution in [0.15, 0.2) is 47.1 Å². The molecule has 0 spiro atoms. The Labute approximate surface area is 143 Å². The Balaban J connectivity index is 1.75. The molecule has 2 aromatic heterocycles. The van der Waals surface area contributed by atoms with Crippen LogP contribution in [-0.2, 0) is 13.1 Å². The van der Waals surface area contributed by atoms with Gasteiger partial charge in [0.05, 0.1) is 30.6 Å². The molecule has 3 aromatic rings. The third-order valence-corrected chi connectivity index (χ3v) is 3.93. The second-order valence-corrected chi connectivity index (χ2v) is 5.66. The van der Waals surface area contributed by atoms with E-state index in [1.54, 1.807) is 37.5 Å². The van der Waals surface area contributed by atoms with Gasteiger partial charge in [-0.05, 0) is 36.8 Å². The van der Waals surface area contributed by atoms with Crippen molar-refractivity contribution >= 4 is 17.5 Å². The molecule has 0 atom stereocenters. The lowest BCUT2D eigenvalue weighted by Crippen LogP contribution is -2.23. The molecule has 2 heterocycles. The number of hydrogen-bond donors (Lipinski definition) is 1. The maximum absolute atomic E-state index is 13.0. The number of aromatic nitrogens is 2. The summed E-state index contributed by atoms with van der Waals surface area (Å²) in [7, 11) is 0. The summed E-state index contributed by atoms with van der Waals surface area (Å²) in [5, 5.41) is 7.29. The lowest BCUT2D eigenvalue weighted by Gasteiger charge is -2.05. The van der Waals surface area contributed by atoms with Gasteiger partial charge in [-0.15, -0.1) is 0 Å². The third kappa shape index (κ3) is 3.49. The minimum Gasteiger partial charge on any atom is -0.467 e. The number of benzene rings is 1. The minimum absolute atomic E-state index is 0.244. The quantitative estimate of drug-likeness (QED) is 0.767. The number of hydrogen-bond acceptors (Lipinski definition) is 3. The van der Waals surface area contributed by atoms with Gasteiger partial charge in [0.2, 0.25) is 0 Å². The van der Waals surface area contributed by atoms with Gasteiger partial charge in [0.15, 0.2) is 0 Å². The van der Waals surface area contributed by atoms with Gasteiger partial charge in [0.1, 0.15) is 16.7 Å². The highest BCUT2D eigenvalue weighted by Crippen LogP contribution is 2.21. The normalized spacial score (nSPS) is 10.8. The van der Waals surface area contributed by atoms with Crippen LogP contribution in [0.3, 0.4) is 0 Å². The molecule has 3 rings (SSSR count). The number of halogens is 2.